The number of para-hydroxylation sites is 1. The van der Waals surface area contributed by atoms with E-state index in [9.17, 15) is 9.59 Å². The maximum atomic E-state index is 12.2. The molecule has 1 aliphatic rings. The maximum absolute atomic E-state index is 12.2. The van der Waals surface area contributed by atoms with Crippen LogP contribution in [0.5, 0.6) is 0 Å². The smallest absolute Gasteiger partial charge is 0.321 e. The van der Waals surface area contributed by atoms with Crippen LogP contribution in [0.1, 0.15) is 18.2 Å². The normalized spacial score (nSPS) is 19.2. The highest BCUT2D eigenvalue weighted by Gasteiger charge is 2.30. The van der Waals surface area contributed by atoms with Gasteiger partial charge in [-0.15, -0.1) is 5.10 Å². The average molecular weight is 357 g/mol. The molecule has 9 nitrogen and oxygen atoms in total. The second-order valence-electron chi connectivity index (χ2n) is 6.31. The SMILES string of the molecule is CNC(=O)[C@@H]1C[C@H](n2cc(CN(C)C(=O)Nc3ccccc3)nn2)CN1. The van der Waals surface area contributed by atoms with E-state index in [-0.39, 0.29) is 24.0 Å². The van der Waals surface area contributed by atoms with Gasteiger partial charge in [-0.25, -0.2) is 9.48 Å². The Kier molecular flexibility index (Phi) is 5.47. The molecule has 0 bridgehead atoms. The maximum Gasteiger partial charge on any atom is 0.321 e. The molecule has 1 aromatic carbocycles. The van der Waals surface area contributed by atoms with Gasteiger partial charge in [-0.2, -0.15) is 0 Å². The van der Waals surface area contributed by atoms with Crippen LogP contribution in [0, 0.1) is 0 Å². The highest BCUT2D eigenvalue weighted by molar-refractivity contribution is 5.89. The van der Waals surface area contributed by atoms with E-state index in [1.165, 1.54) is 0 Å². The number of hydrogen-bond acceptors (Lipinski definition) is 5. The number of nitrogens with zero attached hydrogens (tertiary/aromatic N) is 4. The highest BCUT2D eigenvalue weighted by atomic mass is 16.2. The molecule has 0 unspecified atom stereocenters. The Morgan fingerprint density at radius 3 is 2.85 bits per heavy atom. The fourth-order valence-electron chi connectivity index (χ4n) is 2.91. The fraction of sp³-hybridized carbons (Fsp3) is 0.412. The molecule has 2 atom stereocenters. The molecule has 3 amide bonds. The summed E-state index contributed by atoms with van der Waals surface area (Å²) in [6, 6.07) is 8.93. The first-order chi connectivity index (χ1) is 12.6. The van der Waals surface area contributed by atoms with Crippen molar-refractivity contribution < 1.29 is 9.59 Å². The second-order valence-corrected chi connectivity index (χ2v) is 6.31. The molecule has 26 heavy (non-hydrogen) atoms. The van der Waals surface area contributed by atoms with Crippen LogP contribution >= 0.6 is 0 Å². The lowest BCUT2D eigenvalue weighted by Gasteiger charge is -2.16. The average Bonchev–Trinajstić information content (AvgIpc) is 3.31. The topological polar surface area (TPSA) is 104 Å². The van der Waals surface area contributed by atoms with E-state index in [2.05, 4.69) is 26.3 Å². The largest absolute Gasteiger partial charge is 0.358 e. The molecule has 1 fully saturated rings. The van der Waals surface area contributed by atoms with Crippen molar-refractivity contribution in [2.45, 2.75) is 25.0 Å². The van der Waals surface area contributed by atoms with E-state index < -0.39 is 0 Å². The number of urea groups is 1. The first-order valence-electron chi connectivity index (χ1n) is 8.49. The summed E-state index contributed by atoms with van der Waals surface area (Å²) in [6.07, 6.45) is 2.48. The van der Waals surface area contributed by atoms with Gasteiger partial charge in [0.25, 0.3) is 0 Å². The van der Waals surface area contributed by atoms with Gasteiger partial charge in [0.2, 0.25) is 5.91 Å². The van der Waals surface area contributed by atoms with E-state index in [0.29, 0.717) is 25.2 Å². The Balaban J connectivity index is 1.55. The van der Waals surface area contributed by atoms with Crippen LogP contribution in [0.3, 0.4) is 0 Å². The van der Waals surface area contributed by atoms with Crippen LogP contribution in [0.4, 0.5) is 10.5 Å². The fourth-order valence-corrected chi connectivity index (χ4v) is 2.91. The number of nitrogens with one attached hydrogen (secondary N) is 3. The molecular formula is C17H23N7O2. The zero-order valence-electron chi connectivity index (χ0n) is 14.8. The van der Waals surface area contributed by atoms with E-state index in [1.807, 2.05) is 36.5 Å². The number of likely N-dealkylation sites (N-methyl/N-ethyl adjacent to an activating group) is 1. The minimum absolute atomic E-state index is 0.0230. The number of aromatic nitrogens is 3. The number of carbonyl (C=O) groups is 2. The summed E-state index contributed by atoms with van der Waals surface area (Å²) in [5, 5.41) is 16.9. The third-order valence-electron chi connectivity index (χ3n) is 4.37. The monoisotopic (exact) mass is 357 g/mol. The predicted octanol–water partition coefficient (Wildman–Crippen LogP) is 0.591. The first kappa shape index (κ1) is 17.9. The van der Waals surface area contributed by atoms with E-state index in [4.69, 9.17) is 0 Å². The van der Waals surface area contributed by atoms with Crippen molar-refractivity contribution >= 4 is 17.6 Å². The summed E-state index contributed by atoms with van der Waals surface area (Å²) >= 11 is 0. The molecule has 2 heterocycles. The number of hydrogen-bond donors (Lipinski definition) is 3. The summed E-state index contributed by atoms with van der Waals surface area (Å²) in [6.45, 7) is 1.00. The lowest BCUT2D eigenvalue weighted by Crippen LogP contribution is -2.38. The van der Waals surface area contributed by atoms with E-state index in [0.717, 1.165) is 5.69 Å². The van der Waals surface area contributed by atoms with E-state index in [1.54, 1.807) is 23.7 Å². The van der Waals surface area contributed by atoms with Crippen molar-refractivity contribution in [3.63, 3.8) is 0 Å². The van der Waals surface area contributed by atoms with Gasteiger partial charge in [0.15, 0.2) is 0 Å². The summed E-state index contributed by atoms with van der Waals surface area (Å²) in [5.41, 5.74) is 1.43. The summed E-state index contributed by atoms with van der Waals surface area (Å²) in [5.74, 6) is -0.0230. The number of amides is 3. The van der Waals surface area contributed by atoms with Crippen LogP contribution < -0.4 is 16.0 Å². The standard InChI is InChI=1S/C17H23N7O2/c1-18-16(25)15-8-14(9-19-15)24-11-13(21-22-24)10-23(2)17(26)20-12-6-4-3-5-7-12/h3-7,11,14-15,19H,8-10H2,1-2H3,(H,18,25)(H,20,26)/t14-,15-/m0/s1. The van der Waals surface area contributed by atoms with Gasteiger partial charge in [0, 0.05) is 26.3 Å². The first-order valence-corrected chi connectivity index (χ1v) is 8.49. The summed E-state index contributed by atoms with van der Waals surface area (Å²) in [7, 11) is 3.33. The van der Waals surface area contributed by atoms with Gasteiger partial charge in [0.1, 0.15) is 5.69 Å². The van der Waals surface area contributed by atoms with Gasteiger partial charge >= 0.3 is 6.03 Å². The molecule has 138 valence electrons. The Labute approximate surface area is 151 Å². The van der Waals surface area contributed by atoms with Crippen LogP contribution in [-0.4, -0.2) is 58.5 Å². The van der Waals surface area contributed by atoms with Crippen LogP contribution in [0.15, 0.2) is 36.5 Å². The van der Waals surface area contributed by atoms with Gasteiger partial charge in [0.05, 0.1) is 24.8 Å². The molecule has 3 rings (SSSR count). The minimum atomic E-state index is -0.215. The number of anilines is 1. The Hall–Kier alpha value is -2.94. The predicted molar refractivity (Wildman–Crippen MR) is 96.5 cm³/mol. The summed E-state index contributed by atoms with van der Waals surface area (Å²) in [4.78, 5) is 25.5. The van der Waals surface area contributed by atoms with Crippen molar-refractivity contribution in [1.29, 1.82) is 0 Å². The molecule has 1 aliphatic heterocycles. The third-order valence-corrected chi connectivity index (χ3v) is 4.37. The second kappa shape index (κ2) is 7.96. The van der Waals surface area contributed by atoms with Gasteiger partial charge in [-0.1, -0.05) is 23.4 Å². The third kappa shape index (κ3) is 4.17. The van der Waals surface area contributed by atoms with Crippen molar-refractivity contribution in [3.8, 4) is 0 Å². The van der Waals surface area contributed by atoms with Crippen molar-refractivity contribution in [3.05, 3.63) is 42.2 Å². The van der Waals surface area contributed by atoms with Crippen molar-refractivity contribution in [1.82, 2.24) is 30.5 Å². The molecule has 1 aromatic heterocycles. The van der Waals surface area contributed by atoms with Gasteiger partial charge in [-0.05, 0) is 18.6 Å². The molecule has 3 N–H and O–H groups in total. The zero-order chi connectivity index (χ0) is 18.5. The van der Waals surface area contributed by atoms with Crippen LogP contribution in [-0.2, 0) is 11.3 Å². The lowest BCUT2D eigenvalue weighted by atomic mass is 10.1. The van der Waals surface area contributed by atoms with Crippen LogP contribution in [0.25, 0.3) is 0 Å². The molecule has 2 aromatic rings. The van der Waals surface area contributed by atoms with Crippen molar-refractivity contribution in [2.75, 3.05) is 26.0 Å². The molecule has 0 saturated carbocycles. The number of carbonyl (C=O) groups excluding carboxylic acids is 2. The molecule has 0 radical (unpaired) electrons. The Bertz CT molecular complexity index is 761. The quantitative estimate of drug-likeness (QED) is 0.727. The molecule has 0 spiro atoms. The molecule has 0 aliphatic carbocycles. The molecular weight excluding hydrogens is 334 g/mol. The van der Waals surface area contributed by atoms with E-state index >= 15 is 0 Å². The zero-order valence-corrected chi connectivity index (χ0v) is 14.8. The van der Waals surface area contributed by atoms with Crippen molar-refractivity contribution in [2.24, 2.45) is 0 Å². The lowest BCUT2D eigenvalue weighted by molar-refractivity contribution is -0.122. The number of benzene rings is 1. The summed E-state index contributed by atoms with van der Waals surface area (Å²) < 4.78 is 1.76. The molecule has 1 saturated heterocycles. The number of rotatable bonds is 5. The Morgan fingerprint density at radius 1 is 1.35 bits per heavy atom. The highest BCUT2D eigenvalue weighted by Crippen LogP contribution is 2.19. The van der Waals surface area contributed by atoms with Crippen LogP contribution in [0.2, 0.25) is 0 Å². The molecule has 9 heteroatoms. The van der Waals surface area contributed by atoms with Gasteiger partial charge < -0.3 is 20.9 Å². The Morgan fingerprint density at radius 2 is 2.12 bits per heavy atom. The minimum Gasteiger partial charge on any atom is -0.358 e. The van der Waals surface area contributed by atoms with Gasteiger partial charge in [-0.3, -0.25) is 4.79 Å².